The molecule has 0 fully saturated rings. The summed E-state index contributed by atoms with van der Waals surface area (Å²) in [6, 6.07) is 0. The number of hydrogen-bond donors (Lipinski definition) is 6. The molecule has 0 aliphatic carbocycles. The first-order valence-corrected chi connectivity index (χ1v) is 5.27. The lowest BCUT2D eigenvalue weighted by molar-refractivity contribution is -0.195. The first kappa shape index (κ1) is 16.7. The predicted molar refractivity (Wildman–Crippen MR) is 57.9 cm³/mol. The van der Waals surface area contributed by atoms with E-state index in [0.29, 0.717) is 0 Å². The molecule has 0 aliphatic rings. The third-order valence-corrected chi connectivity index (χ3v) is 2.78. The van der Waals surface area contributed by atoms with Crippen molar-refractivity contribution < 1.29 is 35.4 Å². The van der Waals surface area contributed by atoms with E-state index >= 15 is 0 Å². The lowest BCUT2D eigenvalue weighted by Gasteiger charge is -2.33. The summed E-state index contributed by atoms with van der Waals surface area (Å²) in [6.45, 7) is -0.650. The van der Waals surface area contributed by atoms with Crippen molar-refractivity contribution in [3.05, 3.63) is 0 Å². The second-order valence-corrected chi connectivity index (χ2v) is 4.67. The molecule has 0 saturated heterocycles. The second-order valence-electron chi connectivity index (χ2n) is 4.67. The van der Waals surface area contributed by atoms with Crippen LogP contribution in [-0.4, -0.2) is 76.6 Å². The van der Waals surface area contributed by atoms with Crippen molar-refractivity contribution in [2.45, 2.75) is 13.2 Å². The van der Waals surface area contributed by atoms with E-state index in [9.17, 15) is 0 Å². The molecule has 0 heterocycles. The van der Waals surface area contributed by atoms with Crippen LogP contribution >= 0.6 is 0 Å². The van der Waals surface area contributed by atoms with E-state index in [1.165, 1.54) is 0 Å². The Kier molecular flexibility index (Phi) is 7.10. The van der Waals surface area contributed by atoms with Crippen LogP contribution in [0.1, 0.15) is 6.92 Å². The van der Waals surface area contributed by atoms with Crippen LogP contribution in [0.2, 0.25) is 0 Å². The van der Waals surface area contributed by atoms with Gasteiger partial charge in [-0.3, -0.25) is 0 Å². The van der Waals surface area contributed by atoms with Gasteiger partial charge in [0.05, 0.1) is 45.1 Å². The molecule has 104 valence electrons. The number of rotatable bonds is 9. The summed E-state index contributed by atoms with van der Waals surface area (Å²) < 4.78 is 5.13. The van der Waals surface area contributed by atoms with Crippen LogP contribution in [-0.2, 0) is 4.74 Å². The minimum absolute atomic E-state index is 0.0333. The highest BCUT2D eigenvalue weighted by Crippen LogP contribution is 2.22. The molecule has 17 heavy (non-hydrogen) atoms. The van der Waals surface area contributed by atoms with Crippen LogP contribution in [0.25, 0.3) is 0 Å². The third kappa shape index (κ3) is 4.47. The number of aliphatic hydroxyl groups is 6. The van der Waals surface area contributed by atoms with Gasteiger partial charge in [0.2, 0.25) is 0 Å². The molecule has 0 rings (SSSR count). The normalized spacial score (nSPS) is 13.4. The fourth-order valence-electron chi connectivity index (χ4n) is 1.02. The Bertz CT molecular complexity index is 199. The molecule has 0 unspecified atom stereocenters. The van der Waals surface area contributed by atoms with E-state index in [0.717, 1.165) is 0 Å². The lowest BCUT2D eigenvalue weighted by Crippen LogP contribution is -2.46. The zero-order valence-corrected chi connectivity index (χ0v) is 9.91. The average Bonchev–Trinajstić information content (AvgIpc) is 2.34. The Morgan fingerprint density at radius 2 is 1.35 bits per heavy atom. The summed E-state index contributed by atoms with van der Waals surface area (Å²) in [7, 11) is 0. The molecule has 0 radical (unpaired) electrons. The van der Waals surface area contributed by atoms with Crippen LogP contribution in [0.5, 0.6) is 0 Å². The Labute approximate surface area is 99.9 Å². The van der Waals surface area contributed by atoms with E-state index in [1.807, 2.05) is 0 Å². The van der Waals surface area contributed by atoms with Crippen molar-refractivity contribution in [2.75, 3.05) is 39.6 Å². The van der Waals surface area contributed by atoms with E-state index in [-0.39, 0.29) is 26.4 Å². The highest BCUT2D eigenvalue weighted by Gasteiger charge is 2.37. The van der Waals surface area contributed by atoms with Crippen molar-refractivity contribution in [3.63, 3.8) is 0 Å². The van der Waals surface area contributed by atoms with Gasteiger partial charge in [0.25, 0.3) is 0 Å². The number of hydrogen-bond acceptors (Lipinski definition) is 7. The quantitative estimate of drug-likeness (QED) is 0.246. The van der Waals surface area contributed by atoms with Gasteiger partial charge in [-0.25, -0.2) is 0 Å². The van der Waals surface area contributed by atoms with E-state index in [1.54, 1.807) is 6.92 Å². The molecule has 6 N–H and O–H groups in total. The second kappa shape index (κ2) is 7.22. The van der Waals surface area contributed by atoms with Crippen LogP contribution in [0.4, 0.5) is 0 Å². The fourth-order valence-corrected chi connectivity index (χ4v) is 1.02. The molecule has 0 aromatic carbocycles. The van der Waals surface area contributed by atoms with Gasteiger partial charge in [-0.2, -0.15) is 0 Å². The summed E-state index contributed by atoms with van der Waals surface area (Å²) in [4.78, 5) is 0. The van der Waals surface area contributed by atoms with Crippen molar-refractivity contribution in [1.82, 2.24) is 0 Å². The summed E-state index contributed by atoms with van der Waals surface area (Å²) in [5, 5.41) is 54.2. The smallest absolute Gasteiger partial charge is 0.163 e. The van der Waals surface area contributed by atoms with Gasteiger partial charge in [0.1, 0.15) is 0 Å². The maximum absolute atomic E-state index is 9.06. The first-order valence-electron chi connectivity index (χ1n) is 5.27. The van der Waals surface area contributed by atoms with Gasteiger partial charge in [0, 0.05) is 5.41 Å². The van der Waals surface area contributed by atoms with E-state index in [2.05, 4.69) is 0 Å². The van der Waals surface area contributed by atoms with Crippen molar-refractivity contribution >= 4 is 0 Å². The number of aliphatic hydroxyl groups excluding tert-OH is 5. The molecule has 7 nitrogen and oxygen atoms in total. The molecule has 0 aromatic rings. The van der Waals surface area contributed by atoms with Crippen LogP contribution in [0.15, 0.2) is 0 Å². The third-order valence-electron chi connectivity index (χ3n) is 2.78. The standard InChI is InChI=1S/C10H22O7/c1-9(2-11,3-12)6-17-7-10(4-13,5-14)8(15)16/h8,11-16H,2-7H2,1H3. The van der Waals surface area contributed by atoms with Gasteiger partial charge < -0.3 is 35.4 Å². The van der Waals surface area contributed by atoms with Crippen molar-refractivity contribution in [2.24, 2.45) is 10.8 Å². The monoisotopic (exact) mass is 254 g/mol. The van der Waals surface area contributed by atoms with Gasteiger partial charge in [0.15, 0.2) is 6.29 Å². The molecule has 0 amide bonds. The Morgan fingerprint density at radius 1 is 0.882 bits per heavy atom. The molecule has 0 aromatic heterocycles. The zero-order valence-electron chi connectivity index (χ0n) is 9.91. The van der Waals surface area contributed by atoms with Crippen molar-refractivity contribution in [3.8, 4) is 0 Å². The topological polar surface area (TPSA) is 131 Å². The maximum Gasteiger partial charge on any atom is 0.163 e. The number of ether oxygens (including phenoxy) is 1. The Morgan fingerprint density at radius 3 is 1.65 bits per heavy atom. The fraction of sp³-hybridized carbons (Fsp3) is 1.00. The van der Waals surface area contributed by atoms with Crippen LogP contribution in [0.3, 0.4) is 0 Å². The average molecular weight is 254 g/mol. The zero-order chi connectivity index (χ0) is 13.5. The summed E-state index contributed by atoms with van der Waals surface area (Å²) in [6.07, 6.45) is -1.92. The molecule has 7 heteroatoms. The summed E-state index contributed by atoms with van der Waals surface area (Å²) in [5.41, 5.74) is -2.41. The summed E-state index contributed by atoms with van der Waals surface area (Å²) >= 11 is 0. The molecule has 0 aliphatic heterocycles. The molecule has 0 saturated carbocycles. The molecule has 0 bridgehead atoms. The van der Waals surface area contributed by atoms with Crippen molar-refractivity contribution in [1.29, 1.82) is 0 Å². The van der Waals surface area contributed by atoms with Crippen LogP contribution < -0.4 is 0 Å². The minimum Gasteiger partial charge on any atom is -0.396 e. The maximum atomic E-state index is 9.06. The lowest BCUT2D eigenvalue weighted by atomic mass is 9.90. The minimum atomic E-state index is -1.92. The van der Waals surface area contributed by atoms with E-state index in [4.69, 9.17) is 35.4 Å². The highest BCUT2D eigenvalue weighted by molar-refractivity contribution is 4.80. The Hall–Kier alpha value is -0.280. The first-order chi connectivity index (χ1) is 7.89. The van der Waals surface area contributed by atoms with Gasteiger partial charge in [-0.1, -0.05) is 6.92 Å². The van der Waals surface area contributed by atoms with Gasteiger partial charge in [-0.15, -0.1) is 0 Å². The van der Waals surface area contributed by atoms with E-state index < -0.39 is 30.3 Å². The van der Waals surface area contributed by atoms with Gasteiger partial charge >= 0.3 is 0 Å². The molecular weight excluding hydrogens is 232 g/mol. The molecule has 0 spiro atoms. The molecular formula is C10H22O7. The van der Waals surface area contributed by atoms with Gasteiger partial charge in [-0.05, 0) is 0 Å². The Balaban J connectivity index is 4.33. The SMILES string of the molecule is CC(CO)(CO)COCC(CO)(CO)C(O)O. The van der Waals surface area contributed by atoms with Crippen LogP contribution in [0, 0.1) is 10.8 Å². The summed E-state index contributed by atoms with van der Waals surface area (Å²) in [5.74, 6) is 0. The molecule has 0 atom stereocenters. The largest absolute Gasteiger partial charge is 0.396 e. The highest BCUT2D eigenvalue weighted by atomic mass is 16.5. The predicted octanol–water partition coefficient (Wildman–Crippen LogP) is -2.72.